The molecule has 0 radical (unpaired) electrons. The van der Waals surface area contributed by atoms with Crippen molar-refractivity contribution in [2.75, 3.05) is 5.01 Å². The number of nitrogens with zero attached hydrogens (tertiary/aromatic N) is 4. The zero-order valence-corrected chi connectivity index (χ0v) is 22.9. The minimum Gasteiger partial charge on any atom is -0.491 e. The van der Waals surface area contributed by atoms with Gasteiger partial charge in [0, 0.05) is 0 Å². The van der Waals surface area contributed by atoms with E-state index in [1.54, 1.807) is 0 Å². The number of aromatic carboxylic acids is 1. The molecule has 0 aliphatic carbocycles. The minimum absolute atomic E-state index is 0.0194. The summed E-state index contributed by atoms with van der Waals surface area (Å²) in [7, 11) is -9.10. The summed E-state index contributed by atoms with van der Waals surface area (Å²) in [5.41, 5.74) is -2.03. The van der Waals surface area contributed by atoms with Crippen LogP contribution in [-0.2, 0) is 29.8 Å². The molecule has 222 valence electrons. The molecule has 0 spiro atoms. The lowest BCUT2D eigenvalue weighted by molar-refractivity contribution is -0.127. The van der Waals surface area contributed by atoms with Gasteiger partial charge in [-0.05, 0) is 54.6 Å². The van der Waals surface area contributed by atoms with E-state index in [-0.39, 0.29) is 16.9 Å². The van der Waals surface area contributed by atoms with Gasteiger partial charge in [0.15, 0.2) is 5.71 Å². The average Bonchev–Trinajstić information content (AvgIpc) is 3.44. The SMILES string of the molecule is C=CC=CC=C1C(=O)N(c2ccc(S(=O)(=O)O)cc2)N=C1C(=O)Oc1c(C(=O)O)nn(-c2ccc(S(=O)(=O)O)cc2)c1O. The fraction of sp³-hybridized carbons (Fsp3) is 0. The molecule has 43 heavy (non-hydrogen) atoms. The van der Waals surface area contributed by atoms with Gasteiger partial charge in [0.2, 0.25) is 11.4 Å². The Morgan fingerprint density at radius 1 is 0.884 bits per heavy atom. The van der Waals surface area contributed by atoms with Crippen molar-refractivity contribution in [1.82, 2.24) is 9.78 Å². The van der Waals surface area contributed by atoms with E-state index in [4.69, 9.17) is 9.29 Å². The second-order valence-corrected chi connectivity index (χ2v) is 11.2. The van der Waals surface area contributed by atoms with Gasteiger partial charge in [0.1, 0.15) is 0 Å². The monoisotopic (exact) mass is 630 g/mol. The number of carbonyl (C=O) groups excluding carboxylic acids is 2. The number of aromatic nitrogens is 2. The Balaban J connectivity index is 1.74. The maximum atomic E-state index is 13.2. The number of anilines is 1. The third-order valence-corrected chi connectivity index (χ3v) is 7.29. The van der Waals surface area contributed by atoms with Crippen LogP contribution in [0.2, 0.25) is 0 Å². The average molecular weight is 631 g/mol. The first-order chi connectivity index (χ1) is 20.1. The van der Waals surface area contributed by atoms with Crippen molar-refractivity contribution in [2.24, 2.45) is 5.10 Å². The van der Waals surface area contributed by atoms with Crippen LogP contribution in [0.1, 0.15) is 10.5 Å². The van der Waals surface area contributed by atoms with E-state index >= 15 is 0 Å². The summed E-state index contributed by atoms with van der Waals surface area (Å²) < 4.78 is 69.4. The van der Waals surface area contributed by atoms with Crippen LogP contribution in [0, 0.1) is 0 Å². The number of hydrogen-bond donors (Lipinski definition) is 4. The summed E-state index contributed by atoms with van der Waals surface area (Å²) in [6.45, 7) is 3.49. The van der Waals surface area contributed by atoms with Crippen molar-refractivity contribution in [3.8, 4) is 17.3 Å². The standard InChI is InChI=1S/C25H18N4O12S2/c1-2-3-4-5-18-19(26-28(22(18)30)14-6-10-16(11-7-14)42(35,36)37)25(34)41-21-20(24(32)33)27-29(23(21)31)15-8-12-17(13-9-15)43(38,39)40/h2-13,31H,1H2,(H,32,33)(H,35,36,37)(H,38,39,40). The van der Waals surface area contributed by atoms with E-state index in [1.165, 1.54) is 24.3 Å². The Hall–Kier alpha value is -5.43. The Labute approximate surface area is 242 Å². The molecule has 16 nitrogen and oxygen atoms in total. The lowest BCUT2D eigenvalue weighted by Crippen LogP contribution is -2.24. The van der Waals surface area contributed by atoms with Gasteiger partial charge >= 0.3 is 11.9 Å². The van der Waals surface area contributed by atoms with E-state index in [1.807, 2.05) is 0 Å². The van der Waals surface area contributed by atoms with Crippen LogP contribution in [0.4, 0.5) is 5.69 Å². The largest absolute Gasteiger partial charge is 0.491 e. The van der Waals surface area contributed by atoms with E-state index in [0.717, 1.165) is 53.5 Å². The van der Waals surface area contributed by atoms with Crippen LogP contribution in [0.15, 0.2) is 99.9 Å². The van der Waals surface area contributed by atoms with Crippen LogP contribution in [0.25, 0.3) is 5.69 Å². The topological polar surface area (TPSA) is 243 Å². The number of amides is 1. The molecule has 0 atom stereocenters. The highest BCUT2D eigenvalue weighted by atomic mass is 32.2. The molecule has 4 rings (SSSR count). The molecule has 0 unspecified atom stereocenters. The molecule has 0 fully saturated rings. The van der Waals surface area contributed by atoms with Gasteiger partial charge in [0.25, 0.3) is 32.0 Å². The second-order valence-electron chi connectivity index (χ2n) is 8.31. The molecule has 4 N–H and O–H groups in total. The van der Waals surface area contributed by atoms with Gasteiger partial charge in [-0.25, -0.2) is 9.59 Å². The number of rotatable bonds is 9. The second kappa shape index (κ2) is 11.4. The molecule has 18 heteroatoms. The lowest BCUT2D eigenvalue weighted by atomic mass is 10.1. The normalized spacial score (nSPS) is 14.7. The summed E-state index contributed by atoms with van der Waals surface area (Å²) in [5.74, 6) is -5.95. The highest BCUT2D eigenvalue weighted by Crippen LogP contribution is 2.34. The Kier molecular flexibility index (Phi) is 8.13. The summed E-state index contributed by atoms with van der Waals surface area (Å²) in [4.78, 5) is 37.3. The van der Waals surface area contributed by atoms with Crippen LogP contribution >= 0.6 is 0 Å². The van der Waals surface area contributed by atoms with Gasteiger partial charge in [-0.2, -0.15) is 36.7 Å². The van der Waals surface area contributed by atoms with E-state index in [0.29, 0.717) is 4.68 Å². The molecule has 2 heterocycles. The minimum atomic E-state index is -4.56. The molecular formula is C25H18N4O12S2. The lowest BCUT2D eigenvalue weighted by Gasteiger charge is -2.11. The summed E-state index contributed by atoms with van der Waals surface area (Å²) in [6, 6.07) is 8.26. The third kappa shape index (κ3) is 6.26. The van der Waals surface area contributed by atoms with Crippen LogP contribution in [-0.4, -0.2) is 69.5 Å². The molecule has 1 aliphatic rings. The van der Waals surface area contributed by atoms with Gasteiger partial charge in [0.05, 0.1) is 26.7 Å². The molecule has 1 amide bonds. The first-order valence-corrected chi connectivity index (χ1v) is 14.4. The number of ether oxygens (including phenoxy) is 1. The quantitative estimate of drug-likeness (QED) is 0.114. The zero-order valence-electron chi connectivity index (χ0n) is 21.3. The number of esters is 1. The number of hydrogen-bond acceptors (Lipinski definition) is 11. The smallest absolute Gasteiger partial charge is 0.365 e. The van der Waals surface area contributed by atoms with Crippen molar-refractivity contribution < 1.29 is 55.3 Å². The van der Waals surface area contributed by atoms with Gasteiger partial charge in [-0.3, -0.25) is 13.9 Å². The first-order valence-electron chi connectivity index (χ1n) is 11.5. The molecule has 0 saturated carbocycles. The molecule has 0 bridgehead atoms. The number of carboxylic acids is 1. The van der Waals surface area contributed by atoms with E-state index in [2.05, 4.69) is 16.8 Å². The molecule has 3 aromatic rings. The fourth-order valence-corrected chi connectivity index (χ4v) is 4.55. The highest BCUT2D eigenvalue weighted by molar-refractivity contribution is 7.86. The third-order valence-electron chi connectivity index (χ3n) is 5.56. The summed E-state index contributed by atoms with van der Waals surface area (Å²) in [5, 5.41) is 28.7. The zero-order chi connectivity index (χ0) is 31.7. The summed E-state index contributed by atoms with van der Waals surface area (Å²) in [6.07, 6.45) is 5.29. The number of hydrazone groups is 1. The summed E-state index contributed by atoms with van der Waals surface area (Å²) >= 11 is 0. The van der Waals surface area contributed by atoms with Crippen molar-refractivity contribution in [2.45, 2.75) is 9.79 Å². The van der Waals surface area contributed by atoms with E-state index < -0.39 is 70.9 Å². The molecular weight excluding hydrogens is 612 g/mol. The van der Waals surface area contributed by atoms with Gasteiger partial charge < -0.3 is 14.9 Å². The number of aromatic hydroxyl groups is 1. The number of carbonyl (C=O) groups is 3. The highest BCUT2D eigenvalue weighted by Gasteiger charge is 2.38. The van der Waals surface area contributed by atoms with Crippen LogP contribution in [0.3, 0.4) is 0 Å². The predicted molar refractivity (Wildman–Crippen MR) is 146 cm³/mol. The van der Waals surface area contributed by atoms with Crippen molar-refractivity contribution in [1.29, 1.82) is 0 Å². The van der Waals surface area contributed by atoms with Gasteiger partial charge in [-0.1, -0.05) is 24.8 Å². The van der Waals surface area contributed by atoms with Crippen molar-refractivity contribution >= 4 is 49.5 Å². The van der Waals surface area contributed by atoms with Crippen molar-refractivity contribution in [3.05, 3.63) is 90.7 Å². The molecule has 0 saturated heterocycles. The maximum absolute atomic E-state index is 13.2. The Morgan fingerprint density at radius 3 is 1.91 bits per heavy atom. The first kappa shape index (κ1) is 30.5. The van der Waals surface area contributed by atoms with Crippen molar-refractivity contribution in [3.63, 3.8) is 0 Å². The molecule has 1 aromatic heterocycles. The number of allylic oxidation sites excluding steroid dienone is 4. The molecule has 2 aromatic carbocycles. The predicted octanol–water partition coefficient (Wildman–Crippen LogP) is 1.75. The number of benzene rings is 2. The van der Waals surface area contributed by atoms with E-state index in [9.17, 15) is 46.0 Å². The molecule has 1 aliphatic heterocycles. The van der Waals surface area contributed by atoms with Crippen LogP contribution in [0.5, 0.6) is 11.6 Å². The Bertz CT molecular complexity index is 1970. The fourth-order valence-electron chi connectivity index (χ4n) is 3.59. The maximum Gasteiger partial charge on any atom is 0.365 e. The van der Waals surface area contributed by atoms with Gasteiger partial charge in [-0.15, -0.1) is 0 Å². The Morgan fingerprint density at radius 2 is 1.42 bits per heavy atom. The van der Waals surface area contributed by atoms with Crippen LogP contribution < -0.4 is 9.75 Å². The number of carboxylic acid groups (broad SMARTS) is 1.